The van der Waals surface area contributed by atoms with Crippen molar-refractivity contribution in [2.75, 3.05) is 6.54 Å². The third kappa shape index (κ3) is 1.34. The number of hydrogen-bond donors (Lipinski definition) is 1. The van der Waals surface area contributed by atoms with Gasteiger partial charge in [-0.15, -0.1) is 0 Å². The first-order valence-corrected chi connectivity index (χ1v) is 5.75. The van der Waals surface area contributed by atoms with Gasteiger partial charge in [-0.3, -0.25) is 4.79 Å². The van der Waals surface area contributed by atoms with Crippen LogP contribution in [-0.4, -0.2) is 12.5 Å². The summed E-state index contributed by atoms with van der Waals surface area (Å²) in [7, 11) is 0. The van der Waals surface area contributed by atoms with Crippen LogP contribution in [0.3, 0.4) is 0 Å². The van der Waals surface area contributed by atoms with E-state index >= 15 is 0 Å². The van der Waals surface area contributed by atoms with Crippen LogP contribution in [0, 0.1) is 5.82 Å². The summed E-state index contributed by atoms with van der Waals surface area (Å²) >= 11 is 0. The van der Waals surface area contributed by atoms with Crippen molar-refractivity contribution in [3.05, 3.63) is 35.1 Å². The molecule has 2 nitrogen and oxygen atoms in total. The Morgan fingerprint density at radius 1 is 1.38 bits per heavy atom. The molecule has 1 amide bonds. The van der Waals surface area contributed by atoms with Crippen molar-refractivity contribution in [1.29, 1.82) is 0 Å². The fraction of sp³-hybridized carbons (Fsp3) is 0.462. The van der Waals surface area contributed by atoms with E-state index in [2.05, 4.69) is 5.32 Å². The van der Waals surface area contributed by atoms with E-state index < -0.39 is 0 Å². The highest BCUT2D eigenvalue weighted by molar-refractivity contribution is 5.81. The van der Waals surface area contributed by atoms with E-state index in [9.17, 15) is 9.18 Å². The quantitative estimate of drug-likeness (QED) is 0.709. The number of fused-ring (bicyclic) bond motifs is 2. The van der Waals surface area contributed by atoms with Crippen LogP contribution in [0.15, 0.2) is 18.2 Å². The Labute approximate surface area is 93.9 Å². The van der Waals surface area contributed by atoms with E-state index in [0.29, 0.717) is 13.0 Å². The molecule has 1 aromatic carbocycles. The number of amides is 1. The third-order valence-corrected chi connectivity index (χ3v) is 3.86. The molecule has 1 unspecified atom stereocenters. The molecule has 0 bridgehead atoms. The zero-order chi connectivity index (χ0) is 11.2. The molecule has 1 aliphatic carbocycles. The maximum absolute atomic E-state index is 13.2. The summed E-state index contributed by atoms with van der Waals surface area (Å²) in [5.74, 6) is -0.0507. The van der Waals surface area contributed by atoms with Crippen molar-refractivity contribution < 1.29 is 9.18 Å². The van der Waals surface area contributed by atoms with Crippen molar-refractivity contribution in [1.82, 2.24) is 5.32 Å². The average molecular weight is 219 g/mol. The predicted octanol–water partition coefficient (Wildman–Crippen LogP) is 1.92. The number of halogens is 1. The van der Waals surface area contributed by atoms with Gasteiger partial charge in [-0.25, -0.2) is 4.39 Å². The van der Waals surface area contributed by atoms with Crippen molar-refractivity contribution in [2.45, 2.75) is 31.1 Å². The van der Waals surface area contributed by atoms with Crippen molar-refractivity contribution in [3.63, 3.8) is 0 Å². The molecular formula is C13H14FNO. The highest BCUT2D eigenvalue weighted by Crippen LogP contribution is 2.42. The maximum atomic E-state index is 13.2. The number of hydrogen-bond acceptors (Lipinski definition) is 1. The van der Waals surface area contributed by atoms with Gasteiger partial charge in [-0.05, 0) is 42.5 Å². The van der Waals surface area contributed by atoms with Gasteiger partial charge in [0, 0.05) is 18.4 Å². The van der Waals surface area contributed by atoms with Crippen LogP contribution in [0.5, 0.6) is 0 Å². The fourth-order valence-corrected chi connectivity index (χ4v) is 3.11. The summed E-state index contributed by atoms with van der Waals surface area (Å²) in [5.41, 5.74) is 2.21. The summed E-state index contributed by atoms with van der Waals surface area (Å²) < 4.78 is 13.2. The molecule has 16 heavy (non-hydrogen) atoms. The third-order valence-electron chi connectivity index (χ3n) is 3.86. The minimum absolute atomic E-state index is 0.0572. The van der Waals surface area contributed by atoms with Crippen LogP contribution < -0.4 is 5.32 Å². The van der Waals surface area contributed by atoms with Gasteiger partial charge in [0.05, 0.1) is 0 Å². The Balaban J connectivity index is 2.09. The molecule has 1 aliphatic heterocycles. The molecule has 1 N–H and O–H groups in total. The highest BCUT2D eigenvalue weighted by Gasteiger charge is 2.42. The Morgan fingerprint density at radius 3 is 3.00 bits per heavy atom. The Hall–Kier alpha value is -1.38. The number of nitrogens with one attached hydrogen (secondary N) is 1. The van der Waals surface area contributed by atoms with E-state index in [1.807, 2.05) is 6.07 Å². The van der Waals surface area contributed by atoms with Gasteiger partial charge in [0.2, 0.25) is 5.91 Å². The topological polar surface area (TPSA) is 29.1 Å². The average Bonchev–Trinajstić information content (AvgIpc) is 2.61. The smallest absolute Gasteiger partial charge is 0.220 e. The summed E-state index contributed by atoms with van der Waals surface area (Å²) in [6.45, 7) is 0.713. The first-order chi connectivity index (χ1) is 7.70. The first kappa shape index (κ1) is 9.82. The molecule has 1 spiro atoms. The van der Waals surface area contributed by atoms with Gasteiger partial charge in [0.15, 0.2) is 0 Å². The minimum atomic E-state index is -0.173. The SMILES string of the molecule is O=C1CC2(CCCc3cc(F)ccc32)CN1. The lowest BCUT2D eigenvalue weighted by Gasteiger charge is -2.34. The Bertz CT molecular complexity index is 457. The van der Waals surface area contributed by atoms with Crippen LogP contribution >= 0.6 is 0 Å². The largest absolute Gasteiger partial charge is 0.355 e. The van der Waals surface area contributed by atoms with E-state index in [0.717, 1.165) is 24.8 Å². The minimum Gasteiger partial charge on any atom is -0.355 e. The predicted molar refractivity (Wildman–Crippen MR) is 58.6 cm³/mol. The van der Waals surface area contributed by atoms with Crippen LogP contribution in [-0.2, 0) is 16.6 Å². The van der Waals surface area contributed by atoms with Crippen molar-refractivity contribution >= 4 is 5.91 Å². The fourth-order valence-electron chi connectivity index (χ4n) is 3.11. The zero-order valence-corrected chi connectivity index (χ0v) is 9.05. The van der Waals surface area contributed by atoms with Crippen molar-refractivity contribution in [3.8, 4) is 0 Å². The van der Waals surface area contributed by atoms with Crippen LogP contribution in [0.1, 0.15) is 30.4 Å². The van der Waals surface area contributed by atoms with E-state index in [1.54, 1.807) is 6.07 Å². The molecule has 0 aromatic heterocycles. The first-order valence-electron chi connectivity index (χ1n) is 5.75. The molecule has 1 aromatic rings. The number of rotatable bonds is 0. The number of aryl methyl sites for hydroxylation is 1. The van der Waals surface area contributed by atoms with E-state index in [4.69, 9.17) is 0 Å². The summed E-state index contributed by atoms with van der Waals surface area (Å²) in [6.07, 6.45) is 3.57. The molecule has 1 fully saturated rings. The standard InChI is InChI=1S/C13H14FNO/c14-10-3-4-11-9(6-10)2-1-5-13(11)7-12(16)15-8-13/h3-4,6H,1-2,5,7-8H2,(H,15,16). The maximum Gasteiger partial charge on any atom is 0.220 e. The van der Waals surface area contributed by atoms with Crippen LogP contribution in [0.2, 0.25) is 0 Å². The zero-order valence-electron chi connectivity index (χ0n) is 9.05. The van der Waals surface area contributed by atoms with Gasteiger partial charge in [0.1, 0.15) is 5.82 Å². The second-order valence-electron chi connectivity index (χ2n) is 4.89. The summed E-state index contributed by atoms with van der Waals surface area (Å²) in [6, 6.07) is 5.00. The number of benzene rings is 1. The van der Waals surface area contributed by atoms with Gasteiger partial charge in [0.25, 0.3) is 0 Å². The molecule has 3 heteroatoms. The van der Waals surface area contributed by atoms with Crippen LogP contribution in [0.4, 0.5) is 4.39 Å². The molecule has 1 saturated heterocycles. The van der Waals surface area contributed by atoms with E-state index in [1.165, 1.54) is 11.6 Å². The normalized spacial score (nSPS) is 27.9. The van der Waals surface area contributed by atoms with Gasteiger partial charge in [-0.2, -0.15) is 0 Å². The van der Waals surface area contributed by atoms with Gasteiger partial charge >= 0.3 is 0 Å². The molecule has 1 heterocycles. The second kappa shape index (κ2) is 3.30. The molecule has 3 rings (SSSR count). The summed E-state index contributed by atoms with van der Waals surface area (Å²) in [4.78, 5) is 11.4. The summed E-state index contributed by atoms with van der Waals surface area (Å²) in [5, 5.41) is 2.90. The van der Waals surface area contributed by atoms with Gasteiger partial charge in [-0.1, -0.05) is 6.07 Å². The number of carbonyl (C=O) groups is 1. The lowest BCUT2D eigenvalue weighted by molar-refractivity contribution is -0.119. The van der Waals surface area contributed by atoms with Crippen LogP contribution in [0.25, 0.3) is 0 Å². The molecule has 0 radical (unpaired) electrons. The molecular weight excluding hydrogens is 205 g/mol. The van der Waals surface area contributed by atoms with Gasteiger partial charge < -0.3 is 5.32 Å². The second-order valence-corrected chi connectivity index (χ2v) is 4.89. The lowest BCUT2D eigenvalue weighted by atomic mass is 9.69. The monoisotopic (exact) mass is 219 g/mol. The number of carbonyl (C=O) groups excluding carboxylic acids is 1. The van der Waals surface area contributed by atoms with Crippen molar-refractivity contribution in [2.24, 2.45) is 0 Å². The lowest BCUT2D eigenvalue weighted by Crippen LogP contribution is -2.33. The molecule has 2 aliphatic rings. The molecule has 84 valence electrons. The molecule has 0 saturated carbocycles. The molecule has 1 atom stereocenters. The Kier molecular flexibility index (Phi) is 2.03. The Morgan fingerprint density at radius 2 is 2.25 bits per heavy atom. The van der Waals surface area contributed by atoms with E-state index in [-0.39, 0.29) is 17.1 Å². The highest BCUT2D eigenvalue weighted by atomic mass is 19.1.